The van der Waals surface area contributed by atoms with Gasteiger partial charge in [-0.15, -0.1) is 0 Å². The summed E-state index contributed by atoms with van der Waals surface area (Å²) in [7, 11) is -1.98. The zero-order chi connectivity index (χ0) is 37.9. The molecule has 0 aliphatic heterocycles. The highest BCUT2D eigenvalue weighted by Gasteiger charge is 2.44. The molecule has 0 bridgehead atoms. The maximum Gasteiger partial charge on any atom is 0.306 e. The monoisotopic (exact) mass is 812 g/mol. The fraction of sp³-hybridized carbons (Fsp3) is 0.469. The SMILES string of the molecule is CCCCCCCCCCCCCCCC(=O)O[C@@H]1CC(C)(C)C(/C=C/C(C)=C/C[P+](c2ccccc2)(c2ccccc2)c2ccccc2)=C(C)C1=O.[Br-]. The van der Waals surface area contributed by atoms with E-state index in [9.17, 15) is 9.59 Å². The molecule has 4 rings (SSSR count). The van der Waals surface area contributed by atoms with Crippen LogP contribution in [-0.4, -0.2) is 24.0 Å². The number of allylic oxidation sites excluding steroid dienone is 5. The molecule has 0 saturated carbocycles. The second-order valence-electron chi connectivity index (χ2n) is 15.7. The van der Waals surface area contributed by atoms with Crippen molar-refractivity contribution in [3.05, 3.63) is 126 Å². The first kappa shape index (κ1) is 45.3. The van der Waals surface area contributed by atoms with Gasteiger partial charge in [0.2, 0.25) is 0 Å². The largest absolute Gasteiger partial charge is 1.00 e. The molecular formula is C49H66BrO3P. The molecule has 3 nitrogen and oxygen atoms in total. The van der Waals surface area contributed by atoms with Crippen LogP contribution in [0.5, 0.6) is 0 Å². The lowest BCUT2D eigenvalue weighted by molar-refractivity contribution is -0.156. The minimum Gasteiger partial charge on any atom is -1.00 e. The Kier molecular flexibility index (Phi) is 19.9. The van der Waals surface area contributed by atoms with Crippen LogP contribution in [0.3, 0.4) is 0 Å². The lowest BCUT2D eigenvalue weighted by Gasteiger charge is -2.36. The second-order valence-corrected chi connectivity index (χ2v) is 19.3. The van der Waals surface area contributed by atoms with Crippen LogP contribution in [0.25, 0.3) is 0 Å². The molecule has 0 unspecified atom stereocenters. The van der Waals surface area contributed by atoms with Crippen LogP contribution in [-0.2, 0) is 14.3 Å². The molecule has 0 radical (unpaired) electrons. The summed E-state index contributed by atoms with van der Waals surface area (Å²) in [4.78, 5) is 26.4. The van der Waals surface area contributed by atoms with Crippen LogP contribution in [0.15, 0.2) is 126 Å². The van der Waals surface area contributed by atoms with Crippen molar-refractivity contribution in [1.29, 1.82) is 0 Å². The number of carbonyl (C=O) groups is 2. The van der Waals surface area contributed by atoms with Crippen LogP contribution in [0.4, 0.5) is 0 Å². The summed E-state index contributed by atoms with van der Waals surface area (Å²) < 4.78 is 5.84. The minimum atomic E-state index is -1.98. The Hall–Kier alpha value is -3.07. The van der Waals surface area contributed by atoms with Gasteiger partial charge in [-0.1, -0.05) is 170 Å². The second kappa shape index (κ2) is 23.8. The van der Waals surface area contributed by atoms with Gasteiger partial charge in [-0.25, -0.2) is 0 Å². The number of rotatable bonds is 22. The van der Waals surface area contributed by atoms with Gasteiger partial charge in [0.1, 0.15) is 23.2 Å². The summed E-state index contributed by atoms with van der Waals surface area (Å²) in [5.74, 6) is -0.304. The number of halogens is 1. The van der Waals surface area contributed by atoms with Crippen LogP contribution in [0.1, 0.15) is 131 Å². The molecule has 1 aliphatic rings. The fourth-order valence-electron chi connectivity index (χ4n) is 7.87. The molecule has 3 aromatic carbocycles. The van der Waals surface area contributed by atoms with E-state index in [1.807, 2.05) is 6.92 Å². The smallest absolute Gasteiger partial charge is 0.306 e. The van der Waals surface area contributed by atoms with Gasteiger partial charge in [-0.2, -0.15) is 0 Å². The van der Waals surface area contributed by atoms with E-state index in [-0.39, 0.29) is 34.1 Å². The van der Waals surface area contributed by atoms with Gasteiger partial charge in [0.15, 0.2) is 11.9 Å². The van der Waals surface area contributed by atoms with Crippen LogP contribution in [0, 0.1) is 5.41 Å². The highest BCUT2D eigenvalue weighted by Crippen LogP contribution is 2.55. The maximum atomic E-state index is 13.5. The van der Waals surface area contributed by atoms with Crippen LogP contribution < -0.4 is 32.9 Å². The molecule has 5 heteroatoms. The standard InChI is InChI=1S/C49H66O3P.BrH/c1-6-7-8-9-10-11-12-13-14-15-16-17-27-34-47(50)52-46-39-49(4,5)45(41(3)48(46)51)36-35-40(2)37-38-53(42-28-21-18-22-29-42,43-30-23-19-24-31-43)44-32-25-20-26-33-44;/h18-26,28-33,35-37,46H,6-17,27,34,38-39H2,1-5H3;1H/q+1;/p-1/b36-35+,40-37+;/t46-;/m1./s1. The molecule has 3 aromatic rings. The Morgan fingerprint density at radius 1 is 0.722 bits per heavy atom. The molecule has 0 spiro atoms. The summed E-state index contributed by atoms with van der Waals surface area (Å²) in [6, 6.07) is 32.8. The normalized spacial score (nSPS) is 16.1. The predicted octanol–water partition coefficient (Wildman–Crippen LogP) is 9.20. The number of hydrogen-bond donors (Lipinski definition) is 0. The zero-order valence-corrected chi connectivity index (χ0v) is 36.3. The number of carbonyl (C=O) groups excluding carboxylic acids is 2. The van der Waals surface area contributed by atoms with Crippen LogP contribution in [0.2, 0.25) is 0 Å². The molecular weight excluding hydrogens is 747 g/mol. The number of unbranched alkanes of at least 4 members (excludes halogenated alkanes) is 12. The topological polar surface area (TPSA) is 43.4 Å². The van der Waals surface area contributed by atoms with Crippen molar-refractivity contribution in [3.8, 4) is 0 Å². The van der Waals surface area contributed by atoms with E-state index >= 15 is 0 Å². The van der Waals surface area contributed by atoms with E-state index in [4.69, 9.17) is 4.74 Å². The molecule has 54 heavy (non-hydrogen) atoms. The molecule has 292 valence electrons. The molecule has 1 aliphatic carbocycles. The first-order valence-electron chi connectivity index (χ1n) is 20.5. The Labute approximate surface area is 339 Å². The van der Waals surface area contributed by atoms with E-state index in [0.29, 0.717) is 18.4 Å². The summed E-state index contributed by atoms with van der Waals surface area (Å²) in [5.41, 5.74) is 2.58. The van der Waals surface area contributed by atoms with Crippen molar-refractivity contribution in [3.63, 3.8) is 0 Å². The molecule has 0 amide bonds. The molecule has 0 heterocycles. The van der Waals surface area contributed by atoms with Crippen molar-refractivity contribution in [1.82, 2.24) is 0 Å². The Bertz CT molecular complexity index is 1550. The number of Topliss-reactive ketones (excluding diaryl/α,β-unsaturated/α-hetero) is 1. The van der Waals surface area contributed by atoms with E-state index in [2.05, 4.69) is 137 Å². The van der Waals surface area contributed by atoms with E-state index < -0.39 is 13.4 Å². The molecule has 0 N–H and O–H groups in total. The first-order chi connectivity index (χ1) is 25.7. The summed E-state index contributed by atoms with van der Waals surface area (Å²) in [6.07, 6.45) is 24.2. The quantitative estimate of drug-likeness (QED) is 0.0440. The van der Waals surface area contributed by atoms with E-state index in [1.54, 1.807) is 0 Å². The van der Waals surface area contributed by atoms with Crippen molar-refractivity contribution >= 4 is 34.9 Å². The molecule has 0 aromatic heterocycles. The number of esters is 1. The van der Waals surface area contributed by atoms with E-state index in [0.717, 1.165) is 36.6 Å². The fourth-order valence-corrected chi connectivity index (χ4v) is 12.0. The van der Waals surface area contributed by atoms with Gasteiger partial charge in [0.05, 0.1) is 6.16 Å². The number of benzene rings is 3. The van der Waals surface area contributed by atoms with Gasteiger partial charge < -0.3 is 21.7 Å². The maximum absolute atomic E-state index is 13.5. The molecule has 0 fully saturated rings. The molecule has 0 saturated heterocycles. The lowest BCUT2D eigenvalue weighted by atomic mass is 9.71. The van der Waals surface area contributed by atoms with E-state index in [1.165, 1.54) is 80.1 Å². The third-order valence-corrected chi connectivity index (χ3v) is 15.3. The Morgan fingerprint density at radius 3 is 1.59 bits per heavy atom. The van der Waals surface area contributed by atoms with Crippen molar-refractivity contribution in [2.75, 3.05) is 6.16 Å². The third-order valence-electron chi connectivity index (χ3n) is 11.0. The van der Waals surface area contributed by atoms with Crippen molar-refractivity contribution < 1.29 is 31.3 Å². The number of hydrogen-bond acceptors (Lipinski definition) is 3. The summed E-state index contributed by atoms with van der Waals surface area (Å²) in [6.45, 7) is 10.6. The van der Waals surface area contributed by atoms with Gasteiger partial charge in [0.25, 0.3) is 0 Å². The van der Waals surface area contributed by atoms with Gasteiger partial charge >= 0.3 is 5.97 Å². The lowest BCUT2D eigenvalue weighted by Crippen LogP contribution is -3.00. The van der Waals surface area contributed by atoms with Gasteiger partial charge in [-0.05, 0) is 79.3 Å². The summed E-state index contributed by atoms with van der Waals surface area (Å²) >= 11 is 0. The Morgan fingerprint density at radius 2 is 1.15 bits per heavy atom. The predicted molar refractivity (Wildman–Crippen MR) is 229 cm³/mol. The number of ketones is 1. The van der Waals surface area contributed by atoms with Gasteiger partial charge in [-0.3, -0.25) is 9.59 Å². The molecule has 1 atom stereocenters. The third kappa shape index (κ3) is 13.3. The zero-order valence-electron chi connectivity index (χ0n) is 33.8. The minimum absolute atomic E-state index is 0. The number of ether oxygens (including phenoxy) is 1. The Balaban J connectivity index is 0.00000784. The highest BCUT2D eigenvalue weighted by molar-refractivity contribution is 7.95. The van der Waals surface area contributed by atoms with Crippen molar-refractivity contribution in [2.24, 2.45) is 5.41 Å². The first-order valence-corrected chi connectivity index (χ1v) is 22.5. The van der Waals surface area contributed by atoms with Gasteiger partial charge in [0, 0.05) is 12.8 Å². The van der Waals surface area contributed by atoms with Crippen molar-refractivity contribution in [2.45, 2.75) is 137 Å². The summed E-state index contributed by atoms with van der Waals surface area (Å²) in [5, 5.41) is 4.08. The average Bonchev–Trinajstić information content (AvgIpc) is 3.17. The highest BCUT2D eigenvalue weighted by atomic mass is 79.9. The average molecular weight is 814 g/mol. The van der Waals surface area contributed by atoms with Crippen LogP contribution >= 0.6 is 7.26 Å².